The molecule has 2 amide bonds. The Morgan fingerprint density at radius 3 is 2.46 bits per heavy atom. The fourth-order valence-corrected chi connectivity index (χ4v) is 2.75. The number of nitrogens with one attached hydrogen (secondary N) is 1. The van der Waals surface area contributed by atoms with Crippen molar-refractivity contribution in [2.45, 2.75) is 13.5 Å². The summed E-state index contributed by atoms with van der Waals surface area (Å²) in [5.41, 5.74) is 1.48. The lowest BCUT2D eigenvalue weighted by Crippen LogP contribution is -2.30. The van der Waals surface area contributed by atoms with Gasteiger partial charge in [-0.05, 0) is 36.8 Å². The molecule has 3 aromatic rings. The number of hydrogen-bond donors (Lipinski definition) is 1. The summed E-state index contributed by atoms with van der Waals surface area (Å²) < 4.78 is 13.7. The van der Waals surface area contributed by atoms with Crippen molar-refractivity contribution in [1.29, 1.82) is 0 Å². The van der Waals surface area contributed by atoms with Crippen LogP contribution in [-0.2, 0) is 6.54 Å². The number of aromatic nitrogens is 1. The minimum Gasteiger partial charge on any atom is -0.335 e. The number of benzene rings is 2. The molecule has 28 heavy (non-hydrogen) atoms. The standard InChI is InChI=1S/C22H20FN3O2/c1-2-26(15-16-8-4-3-5-9-16)22(28)17-12-13-24-20(14-17)21(27)25-19-11-7-6-10-18(19)23/h3-14H,2,15H2,1H3,(H,25,27). The maximum atomic E-state index is 13.7. The third kappa shape index (κ3) is 4.59. The van der Waals surface area contributed by atoms with Gasteiger partial charge in [0.1, 0.15) is 11.5 Å². The summed E-state index contributed by atoms with van der Waals surface area (Å²) in [5, 5.41) is 2.47. The highest BCUT2D eigenvalue weighted by Crippen LogP contribution is 2.15. The Kier molecular flexibility index (Phi) is 6.11. The van der Waals surface area contributed by atoms with Crippen molar-refractivity contribution in [3.8, 4) is 0 Å². The number of halogens is 1. The first-order valence-corrected chi connectivity index (χ1v) is 8.93. The van der Waals surface area contributed by atoms with E-state index in [1.807, 2.05) is 37.3 Å². The zero-order valence-electron chi connectivity index (χ0n) is 15.4. The number of carbonyl (C=O) groups excluding carboxylic acids is 2. The SMILES string of the molecule is CCN(Cc1ccccc1)C(=O)c1ccnc(C(=O)Nc2ccccc2F)c1. The quantitative estimate of drug-likeness (QED) is 0.702. The predicted octanol–water partition coefficient (Wildman–Crippen LogP) is 4.14. The van der Waals surface area contributed by atoms with E-state index in [2.05, 4.69) is 10.3 Å². The highest BCUT2D eigenvalue weighted by atomic mass is 19.1. The molecule has 0 bridgehead atoms. The fraction of sp³-hybridized carbons (Fsp3) is 0.136. The van der Waals surface area contributed by atoms with Crippen LogP contribution in [0, 0.1) is 5.82 Å². The van der Waals surface area contributed by atoms with Crippen molar-refractivity contribution in [3.05, 3.63) is 95.6 Å². The number of pyridine rings is 1. The molecule has 2 aromatic carbocycles. The van der Waals surface area contributed by atoms with Crippen molar-refractivity contribution in [1.82, 2.24) is 9.88 Å². The van der Waals surface area contributed by atoms with E-state index in [1.165, 1.54) is 30.5 Å². The average Bonchev–Trinajstić information content (AvgIpc) is 2.74. The van der Waals surface area contributed by atoms with Crippen LogP contribution >= 0.6 is 0 Å². The van der Waals surface area contributed by atoms with Crippen LogP contribution in [-0.4, -0.2) is 28.2 Å². The first-order chi connectivity index (χ1) is 13.6. The van der Waals surface area contributed by atoms with Crippen molar-refractivity contribution in [2.75, 3.05) is 11.9 Å². The molecule has 0 radical (unpaired) electrons. The van der Waals surface area contributed by atoms with Gasteiger partial charge in [-0.2, -0.15) is 0 Å². The van der Waals surface area contributed by atoms with E-state index < -0.39 is 11.7 Å². The highest BCUT2D eigenvalue weighted by Gasteiger charge is 2.17. The van der Waals surface area contributed by atoms with Gasteiger partial charge < -0.3 is 10.2 Å². The van der Waals surface area contributed by atoms with E-state index in [4.69, 9.17) is 0 Å². The summed E-state index contributed by atoms with van der Waals surface area (Å²) in [7, 11) is 0. The van der Waals surface area contributed by atoms with Crippen LogP contribution in [0.2, 0.25) is 0 Å². The molecular formula is C22H20FN3O2. The number of anilines is 1. The van der Waals surface area contributed by atoms with Crippen molar-refractivity contribution in [2.24, 2.45) is 0 Å². The zero-order chi connectivity index (χ0) is 19.9. The molecule has 0 aliphatic rings. The van der Waals surface area contributed by atoms with Gasteiger partial charge in [0, 0.05) is 24.8 Å². The van der Waals surface area contributed by atoms with E-state index in [-0.39, 0.29) is 17.3 Å². The molecular weight excluding hydrogens is 357 g/mol. The first kappa shape index (κ1) is 19.2. The Balaban J connectivity index is 1.77. The van der Waals surface area contributed by atoms with Gasteiger partial charge >= 0.3 is 0 Å². The third-order valence-electron chi connectivity index (χ3n) is 4.25. The predicted molar refractivity (Wildman–Crippen MR) is 105 cm³/mol. The minimum absolute atomic E-state index is 0.0462. The van der Waals surface area contributed by atoms with E-state index >= 15 is 0 Å². The lowest BCUT2D eigenvalue weighted by atomic mass is 10.1. The molecule has 142 valence electrons. The molecule has 0 atom stereocenters. The smallest absolute Gasteiger partial charge is 0.274 e. The second kappa shape index (κ2) is 8.90. The van der Waals surface area contributed by atoms with Crippen molar-refractivity contribution >= 4 is 17.5 Å². The summed E-state index contributed by atoms with van der Waals surface area (Å²) in [5.74, 6) is -1.32. The molecule has 1 aromatic heterocycles. The molecule has 1 heterocycles. The second-order valence-corrected chi connectivity index (χ2v) is 6.17. The molecule has 1 N–H and O–H groups in total. The van der Waals surface area contributed by atoms with Gasteiger partial charge in [-0.15, -0.1) is 0 Å². The molecule has 0 fully saturated rings. The zero-order valence-corrected chi connectivity index (χ0v) is 15.4. The van der Waals surface area contributed by atoms with Gasteiger partial charge in [0.15, 0.2) is 0 Å². The number of nitrogens with zero attached hydrogens (tertiary/aromatic N) is 2. The molecule has 3 rings (SSSR count). The van der Waals surface area contributed by atoms with Gasteiger partial charge in [-0.3, -0.25) is 14.6 Å². The number of hydrogen-bond acceptors (Lipinski definition) is 3. The van der Waals surface area contributed by atoms with E-state index in [0.717, 1.165) is 5.56 Å². The van der Waals surface area contributed by atoms with Crippen LogP contribution in [0.1, 0.15) is 33.3 Å². The number of para-hydroxylation sites is 1. The minimum atomic E-state index is -0.578. The second-order valence-electron chi connectivity index (χ2n) is 6.17. The van der Waals surface area contributed by atoms with Gasteiger partial charge in [0.05, 0.1) is 5.69 Å². The lowest BCUT2D eigenvalue weighted by Gasteiger charge is -2.21. The van der Waals surface area contributed by atoms with Gasteiger partial charge in [-0.25, -0.2) is 4.39 Å². The molecule has 0 spiro atoms. The van der Waals surface area contributed by atoms with Gasteiger partial charge in [0.2, 0.25) is 0 Å². The van der Waals surface area contributed by atoms with E-state index in [0.29, 0.717) is 18.7 Å². The number of carbonyl (C=O) groups is 2. The largest absolute Gasteiger partial charge is 0.335 e. The van der Waals surface area contributed by atoms with Crippen LogP contribution in [0.5, 0.6) is 0 Å². The normalized spacial score (nSPS) is 10.4. The summed E-state index contributed by atoms with van der Waals surface area (Å²) in [6.07, 6.45) is 1.40. The van der Waals surface area contributed by atoms with Crippen molar-refractivity contribution in [3.63, 3.8) is 0 Å². The number of rotatable bonds is 6. The Labute approximate surface area is 162 Å². The maximum absolute atomic E-state index is 13.7. The van der Waals surface area contributed by atoms with Crippen LogP contribution < -0.4 is 5.32 Å². The van der Waals surface area contributed by atoms with Crippen LogP contribution in [0.25, 0.3) is 0 Å². The van der Waals surface area contributed by atoms with Gasteiger partial charge in [-0.1, -0.05) is 42.5 Å². The molecule has 0 unspecified atom stereocenters. The maximum Gasteiger partial charge on any atom is 0.274 e. The molecule has 5 nitrogen and oxygen atoms in total. The topological polar surface area (TPSA) is 62.3 Å². The fourth-order valence-electron chi connectivity index (χ4n) is 2.75. The monoisotopic (exact) mass is 377 g/mol. The first-order valence-electron chi connectivity index (χ1n) is 8.93. The van der Waals surface area contributed by atoms with Crippen LogP contribution in [0.15, 0.2) is 72.9 Å². The van der Waals surface area contributed by atoms with E-state index in [1.54, 1.807) is 17.0 Å². The lowest BCUT2D eigenvalue weighted by molar-refractivity contribution is 0.0752. The molecule has 0 aliphatic carbocycles. The number of amides is 2. The Morgan fingerprint density at radius 2 is 1.75 bits per heavy atom. The van der Waals surface area contributed by atoms with Gasteiger partial charge in [0.25, 0.3) is 11.8 Å². The van der Waals surface area contributed by atoms with Crippen LogP contribution in [0.4, 0.5) is 10.1 Å². The molecule has 0 aliphatic heterocycles. The Morgan fingerprint density at radius 1 is 1.04 bits per heavy atom. The highest BCUT2D eigenvalue weighted by molar-refractivity contribution is 6.04. The van der Waals surface area contributed by atoms with Crippen LogP contribution in [0.3, 0.4) is 0 Å². The summed E-state index contributed by atoms with van der Waals surface area (Å²) in [6, 6.07) is 18.5. The molecule has 0 saturated carbocycles. The summed E-state index contributed by atoms with van der Waals surface area (Å²) >= 11 is 0. The third-order valence-corrected chi connectivity index (χ3v) is 4.25. The van der Waals surface area contributed by atoms with E-state index in [9.17, 15) is 14.0 Å². The molecule has 6 heteroatoms. The summed E-state index contributed by atoms with van der Waals surface area (Å²) in [4.78, 5) is 31.0. The molecule has 0 saturated heterocycles. The Hall–Kier alpha value is -3.54. The van der Waals surface area contributed by atoms with Crippen molar-refractivity contribution < 1.29 is 14.0 Å². The Bertz CT molecular complexity index is 976. The average molecular weight is 377 g/mol. The summed E-state index contributed by atoms with van der Waals surface area (Å²) in [6.45, 7) is 2.88.